The van der Waals surface area contributed by atoms with Crippen molar-refractivity contribution in [2.45, 2.75) is 25.6 Å². The fourth-order valence-corrected chi connectivity index (χ4v) is 4.57. The maximum Gasteiger partial charge on any atom is 0.295 e. The number of nitrogens with zero attached hydrogens (tertiary/aromatic N) is 3. The van der Waals surface area contributed by atoms with Gasteiger partial charge in [-0.2, -0.15) is 0 Å². The van der Waals surface area contributed by atoms with Crippen LogP contribution in [-0.4, -0.2) is 37.8 Å². The van der Waals surface area contributed by atoms with Crippen LogP contribution in [0.25, 0.3) is 5.76 Å². The average molecular weight is 494 g/mol. The predicted molar refractivity (Wildman–Crippen MR) is 140 cm³/mol. The summed E-state index contributed by atoms with van der Waals surface area (Å²) < 4.78 is 7.94. The van der Waals surface area contributed by atoms with Crippen LogP contribution < -0.4 is 4.74 Å². The highest BCUT2D eigenvalue weighted by molar-refractivity contribution is 6.46. The molecule has 1 fully saturated rings. The molecule has 0 spiro atoms. The van der Waals surface area contributed by atoms with Crippen molar-refractivity contribution in [1.29, 1.82) is 0 Å². The summed E-state index contributed by atoms with van der Waals surface area (Å²) in [5.74, 6) is -0.880. The zero-order valence-corrected chi connectivity index (χ0v) is 20.2. The number of ether oxygens (including phenoxy) is 1. The van der Waals surface area contributed by atoms with E-state index in [0.29, 0.717) is 43.0 Å². The lowest BCUT2D eigenvalue weighted by Crippen LogP contribution is -2.31. The van der Waals surface area contributed by atoms with E-state index in [1.54, 1.807) is 41.7 Å². The molecule has 186 valence electrons. The van der Waals surface area contributed by atoms with Gasteiger partial charge in [0, 0.05) is 31.0 Å². The molecule has 1 unspecified atom stereocenters. The molecule has 1 aromatic heterocycles. The van der Waals surface area contributed by atoms with Gasteiger partial charge in [0.05, 0.1) is 17.9 Å². The Bertz CT molecular complexity index is 1400. The Kier molecular flexibility index (Phi) is 7.12. The Morgan fingerprint density at radius 3 is 2.41 bits per heavy atom. The topological polar surface area (TPSA) is 84.7 Å². The lowest BCUT2D eigenvalue weighted by Gasteiger charge is -2.26. The molecule has 1 aliphatic heterocycles. The molecule has 1 atom stereocenters. The van der Waals surface area contributed by atoms with Crippen LogP contribution in [0.1, 0.15) is 29.2 Å². The number of aliphatic hydroxyl groups excluding tert-OH is 1. The summed E-state index contributed by atoms with van der Waals surface area (Å²) in [5.41, 5.74) is 2.30. The van der Waals surface area contributed by atoms with E-state index in [1.807, 2.05) is 71.4 Å². The fourth-order valence-electron chi connectivity index (χ4n) is 4.57. The average Bonchev–Trinajstić information content (AvgIpc) is 3.55. The van der Waals surface area contributed by atoms with Crippen molar-refractivity contribution in [1.82, 2.24) is 14.5 Å². The van der Waals surface area contributed by atoms with Crippen LogP contribution in [0.5, 0.6) is 5.75 Å². The highest BCUT2D eigenvalue weighted by Crippen LogP contribution is 2.40. The van der Waals surface area contributed by atoms with Crippen LogP contribution in [0, 0.1) is 0 Å². The number of likely N-dealkylation sites (tertiary alicyclic amines) is 1. The van der Waals surface area contributed by atoms with Crippen molar-refractivity contribution >= 4 is 17.4 Å². The zero-order valence-electron chi connectivity index (χ0n) is 20.2. The van der Waals surface area contributed by atoms with Crippen molar-refractivity contribution in [3.8, 4) is 5.75 Å². The van der Waals surface area contributed by atoms with Gasteiger partial charge in [0.15, 0.2) is 0 Å². The van der Waals surface area contributed by atoms with Gasteiger partial charge >= 0.3 is 0 Å². The van der Waals surface area contributed by atoms with E-state index in [0.717, 1.165) is 5.56 Å². The number of hydrogen-bond acceptors (Lipinski definition) is 5. The Labute approximate surface area is 215 Å². The minimum atomic E-state index is -0.733. The van der Waals surface area contributed by atoms with Crippen molar-refractivity contribution < 1.29 is 19.4 Å². The van der Waals surface area contributed by atoms with Crippen molar-refractivity contribution in [3.05, 3.63) is 126 Å². The van der Waals surface area contributed by atoms with Gasteiger partial charge in [-0.1, -0.05) is 72.8 Å². The highest BCUT2D eigenvalue weighted by Gasteiger charge is 2.45. The van der Waals surface area contributed by atoms with Gasteiger partial charge in [-0.15, -0.1) is 0 Å². The van der Waals surface area contributed by atoms with E-state index in [9.17, 15) is 14.7 Å². The van der Waals surface area contributed by atoms with Crippen LogP contribution in [-0.2, 0) is 22.7 Å². The predicted octanol–water partition coefficient (Wildman–Crippen LogP) is 4.97. The van der Waals surface area contributed by atoms with E-state index in [2.05, 4.69) is 4.98 Å². The summed E-state index contributed by atoms with van der Waals surface area (Å²) in [6.45, 7) is 1.38. The first-order chi connectivity index (χ1) is 18.1. The van der Waals surface area contributed by atoms with Gasteiger partial charge in [-0.3, -0.25) is 9.59 Å². The van der Waals surface area contributed by atoms with Gasteiger partial charge < -0.3 is 19.3 Å². The number of ketones is 1. The first-order valence-electron chi connectivity index (χ1n) is 12.2. The second-order valence-electron chi connectivity index (χ2n) is 8.86. The molecule has 2 heterocycles. The number of aliphatic hydroxyl groups is 1. The summed E-state index contributed by atoms with van der Waals surface area (Å²) in [6, 6.07) is 25.3. The molecule has 37 heavy (non-hydrogen) atoms. The van der Waals surface area contributed by atoms with Gasteiger partial charge in [-0.05, 0) is 29.7 Å². The molecule has 7 heteroatoms. The molecule has 7 nitrogen and oxygen atoms in total. The van der Waals surface area contributed by atoms with E-state index in [4.69, 9.17) is 4.74 Å². The number of carbonyl (C=O) groups excluding carboxylic acids is 2. The second kappa shape index (κ2) is 11.0. The number of Topliss-reactive ketones (excluding diaryl/α,β-unsaturated/α-hetero) is 1. The Morgan fingerprint density at radius 1 is 0.919 bits per heavy atom. The molecule has 4 aromatic rings. The number of carbonyl (C=O) groups is 2. The third-order valence-electron chi connectivity index (χ3n) is 6.38. The summed E-state index contributed by atoms with van der Waals surface area (Å²) in [7, 11) is 0. The molecule has 1 N–H and O–H groups in total. The minimum absolute atomic E-state index is 0.0824. The molecular formula is C30H27N3O4. The molecule has 0 aliphatic carbocycles. The Hall–Kier alpha value is -4.65. The van der Waals surface area contributed by atoms with Crippen molar-refractivity contribution in [2.24, 2.45) is 0 Å². The molecule has 1 aliphatic rings. The minimum Gasteiger partial charge on any atom is -0.507 e. The molecule has 0 saturated carbocycles. The number of aryl methyl sites for hydroxylation is 1. The first kappa shape index (κ1) is 24.1. The summed E-state index contributed by atoms with van der Waals surface area (Å²) in [5, 5.41) is 11.2. The number of hydrogen-bond donors (Lipinski definition) is 1. The Balaban J connectivity index is 1.48. The quantitative estimate of drug-likeness (QED) is 0.202. The highest BCUT2D eigenvalue weighted by atomic mass is 16.5. The lowest BCUT2D eigenvalue weighted by molar-refractivity contribution is -0.139. The number of imidazole rings is 1. The lowest BCUT2D eigenvalue weighted by atomic mass is 9.95. The molecule has 0 bridgehead atoms. The van der Waals surface area contributed by atoms with E-state index in [-0.39, 0.29) is 11.3 Å². The monoisotopic (exact) mass is 493 g/mol. The van der Waals surface area contributed by atoms with Crippen LogP contribution in [0.2, 0.25) is 0 Å². The van der Waals surface area contributed by atoms with Crippen LogP contribution in [0.3, 0.4) is 0 Å². The maximum absolute atomic E-state index is 13.2. The van der Waals surface area contributed by atoms with E-state index < -0.39 is 17.7 Å². The van der Waals surface area contributed by atoms with E-state index in [1.165, 1.54) is 0 Å². The third-order valence-corrected chi connectivity index (χ3v) is 6.38. The van der Waals surface area contributed by atoms with E-state index >= 15 is 0 Å². The molecule has 1 saturated heterocycles. The third kappa shape index (κ3) is 5.30. The van der Waals surface area contributed by atoms with Crippen molar-refractivity contribution in [3.63, 3.8) is 0 Å². The first-order valence-corrected chi connectivity index (χ1v) is 12.2. The smallest absolute Gasteiger partial charge is 0.295 e. The number of rotatable bonds is 9. The summed E-state index contributed by atoms with van der Waals surface area (Å²) in [4.78, 5) is 32.0. The molecular weight excluding hydrogens is 466 g/mol. The van der Waals surface area contributed by atoms with Gasteiger partial charge in [0.2, 0.25) is 0 Å². The fraction of sp³-hybridized carbons (Fsp3) is 0.167. The van der Waals surface area contributed by atoms with Crippen LogP contribution in [0.15, 0.2) is 109 Å². The van der Waals surface area contributed by atoms with Crippen LogP contribution >= 0.6 is 0 Å². The number of benzene rings is 3. The largest absolute Gasteiger partial charge is 0.507 e. The number of amides is 1. The van der Waals surface area contributed by atoms with Gasteiger partial charge in [0.1, 0.15) is 18.1 Å². The Morgan fingerprint density at radius 2 is 1.68 bits per heavy atom. The number of aromatic nitrogens is 2. The van der Waals surface area contributed by atoms with Gasteiger partial charge in [0.25, 0.3) is 11.7 Å². The molecule has 3 aromatic carbocycles. The van der Waals surface area contributed by atoms with Gasteiger partial charge in [-0.25, -0.2) is 4.98 Å². The van der Waals surface area contributed by atoms with Crippen LogP contribution in [0.4, 0.5) is 0 Å². The standard InChI is InChI=1S/C30H27N3O4/c34-28(23-11-5-2-6-12-23)26-27(33(30(36)29(26)35)17-8-16-32-18-15-31-21-32)24-13-7-14-25(19-24)37-20-22-9-3-1-4-10-22/h1-7,9-15,18-19,21,27,34H,8,16-17,20H2/b28-26+. The van der Waals surface area contributed by atoms with Crippen molar-refractivity contribution in [2.75, 3.05) is 6.54 Å². The second-order valence-corrected chi connectivity index (χ2v) is 8.86. The zero-order chi connectivity index (χ0) is 25.6. The molecule has 0 radical (unpaired) electrons. The summed E-state index contributed by atoms with van der Waals surface area (Å²) in [6.07, 6.45) is 5.89. The SMILES string of the molecule is O=C1C(=O)N(CCCn2ccnc2)C(c2cccc(OCc3ccccc3)c2)/C1=C(\O)c1ccccc1. The maximum atomic E-state index is 13.2. The summed E-state index contributed by atoms with van der Waals surface area (Å²) >= 11 is 0. The molecule has 5 rings (SSSR count). The normalized spacial score (nSPS) is 16.8. The molecule has 1 amide bonds.